The van der Waals surface area contributed by atoms with E-state index in [0.717, 1.165) is 19.5 Å². The molecule has 2 N–H and O–H groups in total. The summed E-state index contributed by atoms with van der Waals surface area (Å²) in [7, 11) is 0. The van der Waals surface area contributed by atoms with Gasteiger partial charge in [-0.15, -0.1) is 0 Å². The minimum absolute atomic E-state index is 0.338. The lowest BCUT2D eigenvalue weighted by molar-refractivity contribution is 0.248. The van der Waals surface area contributed by atoms with Crippen molar-refractivity contribution in [2.24, 2.45) is 5.73 Å². The molecule has 94 valence electrons. The number of hydrogen-bond donors (Lipinski definition) is 1. The zero-order valence-electron chi connectivity index (χ0n) is 10.9. The molecule has 0 aliphatic carbocycles. The van der Waals surface area contributed by atoms with E-state index in [1.165, 1.54) is 36.9 Å². The third-order valence-electron chi connectivity index (χ3n) is 3.58. The molecule has 1 aromatic carbocycles. The van der Waals surface area contributed by atoms with Crippen molar-refractivity contribution in [2.75, 3.05) is 13.1 Å². The molecule has 2 nitrogen and oxygen atoms in total. The van der Waals surface area contributed by atoms with Gasteiger partial charge in [0.2, 0.25) is 0 Å². The van der Waals surface area contributed by atoms with Gasteiger partial charge >= 0.3 is 0 Å². The molecule has 0 spiro atoms. The molecule has 1 aliphatic heterocycles. The van der Waals surface area contributed by atoms with Crippen molar-refractivity contribution < 1.29 is 0 Å². The lowest BCUT2D eigenvalue weighted by atomic mass is 10.0. The van der Waals surface area contributed by atoms with E-state index < -0.39 is 0 Å². The van der Waals surface area contributed by atoms with Crippen molar-refractivity contribution in [3.05, 3.63) is 35.4 Å². The predicted octanol–water partition coefficient (Wildman–Crippen LogP) is 2.56. The number of aryl methyl sites for hydroxylation is 1. The second kappa shape index (κ2) is 6.18. The Hall–Kier alpha value is -0.860. The number of rotatable bonds is 4. The molecule has 0 radical (unpaired) electrons. The van der Waals surface area contributed by atoms with Gasteiger partial charge in [0.1, 0.15) is 0 Å². The SMILES string of the molecule is CCCC(N)CN1CCCc2ccccc2C1. The molecular formula is C15H24N2. The molecule has 1 heterocycles. The zero-order valence-corrected chi connectivity index (χ0v) is 10.9. The lowest BCUT2D eigenvalue weighted by Gasteiger charge is -2.24. The number of nitrogens with zero attached hydrogens (tertiary/aromatic N) is 1. The molecule has 1 atom stereocenters. The second-order valence-corrected chi connectivity index (χ2v) is 5.16. The maximum atomic E-state index is 6.14. The van der Waals surface area contributed by atoms with Gasteiger partial charge in [-0.3, -0.25) is 4.90 Å². The van der Waals surface area contributed by atoms with Crippen LogP contribution in [0.2, 0.25) is 0 Å². The largest absolute Gasteiger partial charge is 0.327 e. The highest BCUT2D eigenvalue weighted by Crippen LogP contribution is 2.18. The number of benzene rings is 1. The van der Waals surface area contributed by atoms with Crippen molar-refractivity contribution in [2.45, 2.75) is 45.2 Å². The minimum atomic E-state index is 0.338. The molecule has 0 amide bonds. The third kappa shape index (κ3) is 3.55. The monoisotopic (exact) mass is 232 g/mol. The summed E-state index contributed by atoms with van der Waals surface area (Å²) < 4.78 is 0. The standard InChI is InChI=1S/C15H24N2/c1-2-6-15(16)12-17-10-5-9-13-7-3-4-8-14(13)11-17/h3-4,7-8,15H,2,5-6,9-12,16H2,1H3. The van der Waals surface area contributed by atoms with E-state index in [2.05, 4.69) is 36.1 Å². The van der Waals surface area contributed by atoms with Gasteiger partial charge in [0.05, 0.1) is 0 Å². The molecule has 0 saturated carbocycles. The Labute approximate surface area is 105 Å². The first kappa shape index (κ1) is 12.6. The fourth-order valence-electron chi connectivity index (χ4n) is 2.72. The molecule has 0 saturated heterocycles. The smallest absolute Gasteiger partial charge is 0.0237 e. The van der Waals surface area contributed by atoms with Crippen molar-refractivity contribution in [3.63, 3.8) is 0 Å². The highest BCUT2D eigenvalue weighted by atomic mass is 15.1. The summed E-state index contributed by atoms with van der Waals surface area (Å²) in [6.45, 7) is 5.51. The first-order chi connectivity index (χ1) is 8.29. The average molecular weight is 232 g/mol. The fraction of sp³-hybridized carbons (Fsp3) is 0.600. The predicted molar refractivity (Wildman–Crippen MR) is 72.9 cm³/mol. The summed E-state index contributed by atoms with van der Waals surface area (Å²) in [6.07, 6.45) is 4.80. The van der Waals surface area contributed by atoms with Gasteiger partial charge in [0.15, 0.2) is 0 Å². The Morgan fingerprint density at radius 2 is 2.06 bits per heavy atom. The van der Waals surface area contributed by atoms with Gasteiger partial charge in [-0.1, -0.05) is 37.6 Å². The van der Waals surface area contributed by atoms with Crippen molar-refractivity contribution in [1.82, 2.24) is 4.90 Å². The Morgan fingerprint density at radius 3 is 2.82 bits per heavy atom. The Bertz CT molecular complexity index is 349. The van der Waals surface area contributed by atoms with E-state index in [4.69, 9.17) is 5.73 Å². The molecule has 0 aromatic heterocycles. The van der Waals surface area contributed by atoms with Crippen molar-refractivity contribution in [1.29, 1.82) is 0 Å². The molecule has 1 aromatic rings. The Kier molecular flexibility index (Phi) is 4.57. The first-order valence-electron chi connectivity index (χ1n) is 6.84. The summed E-state index contributed by atoms with van der Waals surface area (Å²) >= 11 is 0. The lowest BCUT2D eigenvalue weighted by Crippen LogP contribution is -2.37. The molecule has 1 unspecified atom stereocenters. The number of fused-ring (bicyclic) bond motifs is 1. The molecule has 2 rings (SSSR count). The highest BCUT2D eigenvalue weighted by Gasteiger charge is 2.15. The zero-order chi connectivity index (χ0) is 12.1. The van der Waals surface area contributed by atoms with Crippen LogP contribution in [0, 0.1) is 0 Å². The molecular weight excluding hydrogens is 208 g/mol. The topological polar surface area (TPSA) is 29.3 Å². The Morgan fingerprint density at radius 1 is 1.29 bits per heavy atom. The van der Waals surface area contributed by atoms with Crippen LogP contribution in [0.25, 0.3) is 0 Å². The van der Waals surface area contributed by atoms with Gasteiger partial charge in [-0.25, -0.2) is 0 Å². The van der Waals surface area contributed by atoms with Crippen LogP contribution in [-0.2, 0) is 13.0 Å². The van der Waals surface area contributed by atoms with Crippen LogP contribution in [0.3, 0.4) is 0 Å². The van der Waals surface area contributed by atoms with E-state index in [-0.39, 0.29) is 0 Å². The van der Waals surface area contributed by atoms with E-state index in [9.17, 15) is 0 Å². The van der Waals surface area contributed by atoms with Crippen LogP contribution in [0.1, 0.15) is 37.3 Å². The number of nitrogens with two attached hydrogens (primary N) is 1. The fourth-order valence-corrected chi connectivity index (χ4v) is 2.72. The summed E-state index contributed by atoms with van der Waals surface area (Å²) in [4.78, 5) is 2.52. The summed E-state index contributed by atoms with van der Waals surface area (Å²) in [5, 5.41) is 0. The van der Waals surface area contributed by atoms with Gasteiger partial charge < -0.3 is 5.73 Å². The van der Waals surface area contributed by atoms with Crippen LogP contribution in [0.4, 0.5) is 0 Å². The highest BCUT2D eigenvalue weighted by molar-refractivity contribution is 5.28. The summed E-state index contributed by atoms with van der Waals surface area (Å²) in [6, 6.07) is 9.17. The maximum absolute atomic E-state index is 6.14. The van der Waals surface area contributed by atoms with Gasteiger partial charge in [-0.2, -0.15) is 0 Å². The van der Waals surface area contributed by atoms with E-state index >= 15 is 0 Å². The van der Waals surface area contributed by atoms with Crippen LogP contribution in [-0.4, -0.2) is 24.0 Å². The van der Waals surface area contributed by atoms with Crippen molar-refractivity contribution >= 4 is 0 Å². The average Bonchev–Trinajstić information content (AvgIpc) is 2.50. The van der Waals surface area contributed by atoms with Gasteiger partial charge in [-0.05, 0) is 36.9 Å². The second-order valence-electron chi connectivity index (χ2n) is 5.16. The van der Waals surface area contributed by atoms with E-state index in [0.29, 0.717) is 6.04 Å². The summed E-state index contributed by atoms with van der Waals surface area (Å²) in [5.74, 6) is 0. The van der Waals surface area contributed by atoms with Crippen LogP contribution in [0.5, 0.6) is 0 Å². The van der Waals surface area contributed by atoms with Crippen LogP contribution >= 0.6 is 0 Å². The quantitative estimate of drug-likeness (QED) is 0.864. The van der Waals surface area contributed by atoms with Gasteiger partial charge in [0.25, 0.3) is 0 Å². The molecule has 0 fully saturated rings. The molecule has 0 bridgehead atoms. The Balaban J connectivity index is 1.98. The normalized spacial score (nSPS) is 18.5. The third-order valence-corrected chi connectivity index (χ3v) is 3.58. The van der Waals surface area contributed by atoms with Crippen LogP contribution < -0.4 is 5.73 Å². The minimum Gasteiger partial charge on any atom is -0.327 e. The van der Waals surface area contributed by atoms with E-state index in [1.54, 1.807) is 0 Å². The van der Waals surface area contributed by atoms with E-state index in [1.807, 2.05) is 0 Å². The summed E-state index contributed by atoms with van der Waals surface area (Å²) in [5.41, 5.74) is 9.17. The van der Waals surface area contributed by atoms with Gasteiger partial charge in [0, 0.05) is 19.1 Å². The van der Waals surface area contributed by atoms with Crippen molar-refractivity contribution in [3.8, 4) is 0 Å². The first-order valence-corrected chi connectivity index (χ1v) is 6.84. The molecule has 2 heteroatoms. The molecule has 17 heavy (non-hydrogen) atoms. The molecule has 1 aliphatic rings. The maximum Gasteiger partial charge on any atom is 0.0237 e. The number of hydrogen-bond acceptors (Lipinski definition) is 2. The van der Waals surface area contributed by atoms with Crippen LogP contribution in [0.15, 0.2) is 24.3 Å².